The van der Waals surface area contributed by atoms with E-state index in [1.807, 2.05) is 18.2 Å². The molecule has 88 valence electrons. The summed E-state index contributed by atoms with van der Waals surface area (Å²) in [4.78, 5) is 24.8. The van der Waals surface area contributed by atoms with Gasteiger partial charge in [0.1, 0.15) is 5.69 Å². The number of carboxylic acids is 1. The second-order valence-electron chi connectivity index (χ2n) is 3.74. The lowest BCUT2D eigenvalue weighted by molar-refractivity contribution is -0.119. The summed E-state index contributed by atoms with van der Waals surface area (Å²) in [7, 11) is 0. The number of benzene rings is 1. The number of carboxylic acid groups (broad SMARTS) is 1. The zero-order valence-electron chi connectivity index (χ0n) is 9.28. The van der Waals surface area contributed by atoms with Crippen LogP contribution in [0.2, 0.25) is 0 Å². The minimum atomic E-state index is -1.03. The molecule has 17 heavy (non-hydrogen) atoms. The third kappa shape index (κ3) is 2.13. The van der Waals surface area contributed by atoms with Crippen LogP contribution < -0.4 is 5.32 Å². The number of aromatic carboxylic acids is 1. The molecule has 0 aliphatic heterocycles. The highest BCUT2D eigenvalue weighted by molar-refractivity contribution is 5.97. The molecule has 0 atom stereocenters. The Balaban J connectivity index is 2.51. The van der Waals surface area contributed by atoms with Gasteiger partial charge in [-0.05, 0) is 6.07 Å². The van der Waals surface area contributed by atoms with Crippen LogP contribution in [0.5, 0.6) is 0 Å². The number of nitrogens with one attached hydrogen (secondary N) is 2. The molecule has 0 radical (unpaired) electrons. The summed E-state index contributed by atoms with van der Waals surface area (Å²) in [5.41, 5.74) is 1.48. The summed E-state index contributed by atoms with van der Waals surface area (Å²) in [5.74, 6) is -1.21. The number of hydrogen-bond acceptors (Lipinski definition) is 2. The molecule has 2 rings (SSSR count). The van der Waals surface area contributed by atoms with Crippen LogP contribution in [0.25, 0.3) is 10.9 Å². The number of aromatic nitrogens is 1. The topological polar surface area (TPSA) is 82.2 Å². The molecule has 5 nitrogen and oxygen atoms in total. The van der Waals surface area contributed by atoms with Gasteiger partial charge in [0.05, 0.1) is 0 Å². The molecule has 0 fully saturated rings. The highest BCUT2D eigenvalue weighted by Gasteiger charge is 2.16. The van der Waals surface area contributed by atoms with Crippen molar-refractivity contribution >= 4 is 22.8 Å². The molecule has 0 spiro atoms. The molecular formula is C12H12N2O3. The number of hydrogen-bond donors (Lipinski definition) is 3. The van der Waals surface area contributed by atoms with Crippen molar-refractivity contribution in [3.63, 3.8) is 0 Å². The summed E-state index contributed by atoms with van der Waals surface area (Å²) >= 11 is 0. The molecular weight excluding hydrogens is 220 g/mol. The average molecular weight is 232 g/mol. The zero-order chi connectivity index (χ0) is 12.4. The van der Waals surface area contributed by atoms with E-state index in [-0.39, 0.29) is 18.1 Å². The van der Waals surface area contributed by atoms with E-state index >= 15 is 0 Å². The van der Waals surface area contributed by atoms with Gasteiger partial charge in [-0.1, -0.05) is 18.2 Å². The summed E-state index contributed by atoms with van der Waals surface area (Å²) in [6.07, 6.45) is 0. The van der Waals surface area contributed by atoms with Crippen LogP contribution in [-0.2, 0) is 11.3 Å². The molecule has 0 aliphatic rings. The highest BCUT2D eigenvalue weighted by Crippen LogP contribution is 2.22. The van der Waals surface area contributed by atoms with Crippen LogP contribution in [0.1, 0.15) is 23.0 Å². The average Bonchev–Trinajstić information content (AvgIpc) is 2.65. The van der Waals surface area contributed by atoms with E-state index in [4.69, 9.17) is 5.11 Å². The van der Waals surface area contributed by atoms with Crippen LogP contribution in [0.15, 0.2) is 24.3 Å². The van der Waals surface area contributed by atoms with E-state index in [0.717, 1.165) is 10.9 Å². The Kier molecular flexibility index (Phi) is 2.82. The van der Waals surface area contributed by atoms with Gasteiger partial charge in [-0.15, -0.1) is 0 Å². The molecule has 1 amide bonds. The molecule has 5 heteroatoms. The normalized spacial score (nSPS) is 10.4. The second-order valence-corrected chi connectivity index (χ2v) is 3.74. The third-order valence-corrected chi connectivity index (χ3v) is 2.54. The fourth-order valence-corrected chi connectivity index (χ4v) is 1.78. The first-order valence-corrected chi connectivity index (χ1v) is 5.17. The number of carbonyl (C=O) groups is 2. The predicted octanol–water partition coefficient (Wildman–Crippen LogP) is 1.50. The first kappa shape index (κ1) is 11.2. The van der Waals surface area contributed by atoms with Crippen LogP contribution in [0.4, 0.5) is 0 Å². The van der Waals surface area contributed by atoms with Crippen molar-refractivity contribution in [3.8, 4) is 0 Å². The van der Waals surface area contributed by atoms with E-state index in [1.165, 1.54) is 6.92 Å². The molecule has 0 unspecified atom stereocenters. The van der Waals surface area contributed by atoms with Crippen molar-refractivity contribution in [2.24, 2.45) is 0 Å². The lowest BCUT2D eigenvalue weighted by atomic mass is 10.1. The number of amides is 1. The summed E-state index contributed by atoms with van der Waals surface area (Å²) < 4.78 is 0. The lowest BCUT2D eigenvalue weighted by Crippen LogP contribution is -2.20. The van der Waals surface area contributed by atoms with E-state index < -0.39 is 5.97 Å². The van der Waals surface area contributed by atoms with Gasteiger partial charge in [0, 0.05) is 29.9 Å². The van der Waals surface area contributed by atoms with Crippen molar-refractivity contribution in [3.05, 3.63) is 35.5 Å². The van der Waals surface area contributed by atoms with Crippen LogP contribution >= 0.6 is 0 Å². The Morgan fingerprint density at radius 1 is 1.35 bits per heavy atom. The largest absolute Gasteiger partial charge is 0.477 e. The molecule has 0 saturated heterocycles. The number of para-hydroxylation sites is 1. The molecule has 1 aromatic heterocycles. The van der Waals surface area contributed by atoms with Gasteiger partial charge < -0.3 is 15.4 Å². The third-order valence-electron chi connectivity index (χ3n) is 2.54. The second kappa shape index (κ2) is 4.29. The molecule has 0 saturated carbocycles. The van der Waals surface area contributed by atoms with Crippen molar-refractivity contribution < 1.29 is 14.7 Å². The smallest absolute Gasteiger partial charge is 0.352 e. The number of rotatable bonds is 3. The maximum atomic E-state index is 11.1. The number of H-pyrrole nitrogens is 1. The number of carbonyl (C=O) groups excluding carboxylic acids is 1. The maximum absolute atomic E-state index is 11.1. The molecule has 3 N–H and O–H groups in total. The van der Waals surface area contributed by atoms with E-state index in [9.17, 15) is 9.59 Å². The SMILES string of the molecule is CC(=O)NCc1c(C(=O)O)[nH]c2ccccc12. The van der Waals surface area contributed by atoms with E-state index in [2.05, 4.69) is 10.3 Å². The molecule has 2 aromatic rings. The van der Waals surface area contributed by atoms with Gasteiger partial charge in [-0.2, -0.15) is 0 Å². The van der Waals surface area contributed by atoms with Crippen LogP contribution in [0, 0.1) is 0 Å². The van der Waals surface area contributed by atoms with Crippen molar-refractivity contribution in [2.75, 3.05) is 0 Å². The van der Waals surface area contributed by atoms with Gasteiger partial charge >= 0.3 is 5.97 Å². The predicted molar refractivity (Wildman–Crippen MR) is 62.8 cm³/mol. The number of aromatic amines is 1. The van der Waals surface area contributed by atoms with Crippen molar-refractivity contribution in [2.45, 2.75) is 13.5 Å². The standard InChI is InChI=1S/C12H12N2O3/c1-7(15)13-6-9-8-4-2-3-5-10(8)14-11(9)12(16)17/h2-5,14H,6H2,1H3,(H,13,15)(H,16,17). The van der Waals surface area contributed by atoms with Gasteiger partial charge in [0.15, 0.2) is 0 Å². The van der Waals surface area contributed by atoms with Gasteiger partial charge in [0.25, 0.3) is 0 Å². The Hall–Kier alpha value is -2.30. The Bertz CT molecular complexity index is 586. The monoisotopic (exact) mass is 232 g/mol. The van der Waals surface area contributed by atoms with Crippen LogP contribution in [-0.4, -0.2) is 22.0 Å². The minimum Gasteiger partial charge on any atom is -0.477 e. The Morgan fingerprint density at radius 3 is 2.71 bits per heavy atom. The maximum Gasteiger partial charge on any atom is 0.352 e. The van der Waals surface area contributed by atoms with E-state index in [1.54, 1.807) is 6.07 Å². The fourth-order valence-electron chi connectivity index (χ4n) is 1.78. The van der Waals surface area contributed by atoms with Gasteiger partial charge in [-0.3, -0.25) is 4.79 Å². The summed E-state index contributed by atoms with van der Waals surface area (Å²) in [6.45, 7) is 1.61. The summed E-state index contributed by atoms with van der Waals surface area (Å²) in [6, 6.07) is 7.29. The Morgan fingerprint density at radius 2 is 2.06 bits per heavy atom. The molecule has 1 aromatic carbocycles. The summed E-state index contributed by atoms with van der Waals surface area (Å²) in [5, 5.41) is 12.5. The van der Waals surface area contributed by atoms with E-state index in [0.29, 0.717) is 5.56 Å². The minimum absolute atomic E-state index is 0.125. The van der Waals surface area contributed by atoms with Crippen LogP contribution in [0.3, 0.4) is 0 Å². The fraction of sp³-hybridized carbons (Fsp3) is 0.167. The van der Waals surface area contributed by atoms with Gasteiger partial charge in [0.2, 0.25) is 5.91 Å². The molecule has 0 aliphatic carbocycles. The van der Waals surface area contributed by atoms with Crippen molar-refractivity contribution in [1.29, 1.82) is 0 Å². The Labute approximate surface area is 97.4 Å². The van der Waals surface area contributed by atoms with Gasteiger partial charge in [-0.25, -0.2) is 4.79 Å². The quantitative estimate of drug-likeness (QED) is 0.750. The molecule has 1 heterocycles. The zero-order valence-corrected chi connectivity index (χ0v) is 9.28. The first-order chi connectivity index (χ1) is 8.09. The lowest BCUT2D eigenvalue weighted by Gasteiger charge is -2.02. The number of fused-ring (bicyclic) bond motifs is 1. The van der Waals surface area contributed by atoms with Crippen molar-refractivity contribution in [1.82, 2.24) is 10.3 Å². The first-order valence-electron chi connectivity index (χ1n) is 5.17. The highest BCUT2D eigenvalue weighted by atomic mass is 16.4. The molecule has 0 bridgehead atoms.